The Kier molecular flexibility index (Phi) is 5.08. The van der Waals surface area contributed by atoms with E-state index in [0.29, 0.717) is 30.3 Å². The predicted molar refractivity (Wildman–Crippen MR) is 115 cm³/mol. The van der Waals surface area contributed by atoms with Crippen molar-refractivity contribution in [1.29, 1.82) is 0 Å². The molecule has 0 saturated heterocycles. The van der Waals surface area contributed by atoms with E-state index in [0.717, 1.165) is 27.8 Å². The molecule has 0 aliphatic heterocycles. The maximum atomic E-state index is 6.12. The molecule has 8 nitrogen and oxygen atoms in total. The first kappa shape index (κ1) is 18.5. The third-order valence-corrected chi connectivity index (χ3v) is 4.63. The summed E-state index contributed by atoms with van der Waals surface area (Å²) < 4.78 is 1.88. The number of hydrogen-bond acceptors (Lipinski definition) is 7. The molecule has 4 aromatic rings. The van der Waals surface area contributed by atoms with E-state index in [1.807, 2.05) is 47.7 Å². The van der Waals surface area contributed by atoms with Crippen LogP contribution in [-0.4, -0.2) is 19.7 Å². The first-order valence-corrected chi connectivity index (χ1v) is 9.14. The Hall–Kier alpha value is -3.91. The smallest absolute Gasteiger partial charge is 0.165 e. The van der Waals surface area contributed by atoms with Crippen LogP contribution in [0.1, 0.15) is 16.7 Å². The highest BCUT2D eigenvalue weighted by Crippen LogP contribution is 2.25. The Morgan fingerprint density at radius 1 is 0.931 bits per heavy atom. The summed E-state index contributed by atoms with van der Waals surface area (Å²) in [7, 11) is 0. The summed E-state index contributed by atoms with van der Waals surface area (Å²) in [4.78, 5) is 8.45. The number of nitrogen functional groups attached to an aromatic ring is 3. The molecule has 0 spiro atoms. The van der Waals surface area contributed by atoms with Crippen LogP contribution in [0.3, 0.4) is 0 Å². The van der Waals surface area contributed by atoms with Gasteiger partial charge in [0.05, 0.1) is 18.4 Å². The third kappa shape index (κ3) is 4.17. The van der Waals surface area contributed by atoms with Crippen molar-refractivity contribution in [2.75, 3.05) is 16.9 Å². The second-order valence-corrected chi connectivity index (χ2v) is 6.78. The highest BCUT2D eigenvalue weighted by molar-refractivity contribution is 5.68. The fraction of sp³-hybridized carbons (Fsp3) is 0.0952. The van der Waals surface area contributed by atoms with Crippen LogP contribution in [0.25, 0.3) is 11.1 Å². The van der Waals surface area contributed by atoms with Crippen molar-refractivity contribution in [3.8, 4) is 11.1 Å². The van der Waals surface area contributed by atoms with Crippen LogP contribution in [0.4, 0.5) is 17.3 Å². The highest BCUT2D eigenvalue weighted by Gasteiger charge is 2.10. The van der Waals surface area contributed by atoms with Gasteiger partial charge in [0.15, 0.2) is 5.82 Å². The molecule has 0 atom stereocenters. The number of nitrogens with one attached hydrogen (secondary N) is 1. The zero-order valence-corrected chi connectivity index (χ0v) is 15.8. The Bertz CT molecular complexity index is 1120. The molecule has 0 saturated carbocycles. The van der Waals surface area contributed by atoms with E-state index in [-0.39, 0.29) is 0 Å². The number of pyridine rings is 2. The highest BCUT2D eigenvalue weighted by atomic mass is 15.3. The predicted octanol–water partition coefficient (Wildman–Crippen LogP) is 2.43. The molecule has 0 fully saturated rings. The van der Waals surface area contributed by atoms with E-state index in [1.54, 1.807) is 6.07 Å². The molecule has 0 aliphatic carbocycles. The van der Waals surface area contributed by atoms with Crippen LogP contribution in [0.15, 0.2) is 67.3 Å². The van der Waals surface area contributed by atoms with E-state index in [2.05, 4.69) is 38.7 Å². The van der Waals surface area contributed by atoms with Gasteiger partial charge in [0.25, 0.3) is 0 Å². The zero-order valence-electron chi connectivity index (χ0n) is 15.8. The molecule has 0 unspecified atom stereocenters. The molecule has 0 bridgehead atoms. The normalized spacial score (nSPS) is 10.8. The Balaban J connectivity index is 1.52. The summed E-state index contributed by atoms with van der Waals surface area (Å²) in [5.41, 5.74) is 20.1. The van der Waals surface area contributed by atoms with E-state index < -0.39 is 0 Å². The monoisotopic (exact) mass is 386 g/mol. The van der Waals surface area contributed by atoms with E-state index in [1.165, 1.54) is 0 Å². The minimum atomic E-state index is 0.360. The molecule has 146 valence electrons. The minimum Gasteiger partial charge on any atom is -0.395 e. The molecular weight excluding hydrogens is 364 g/mol. The molecule has 8 heteroatoms. The topological polar surface area (TPSA) is 134 Å². The van der Waals surface area contributed by atoms with Crippen LogP contribution in [0.2, 0.25) is 0 Å². The summed E-state index contributed by atoms with van der Waals surface area (Å²) in [5, 5.41) is 4.47. The fourth-order valence-electron chi connectivity index (χ4n) is 3.24. The quantitative estimate of drug-likeness (QED) is 0.295. The number of nitrogens with zero attached hydrogens (tertiary/aromatic N) is 4. The number of hydrogen-bond donors (Lipinski definition) is 4. The van der Waals surface area contributed by atoms with Crippen molar-refractivity contribution in [1.82, 2.24) is 19.7 Å². The molecular formula is C21H22N8. The average molecular weight is 386 g/mol. The summed E-state index contributed by atoms with van der Waals surface area (Å²) in [6.45, 7) is 0.622. The van der Waals surface area contributed by atoms with Crippen molar-refractivity contribution < 1.29 is 0 Å². The van der Waals surface area contributed by atoms with E-state index >= 15 is 0 Å². The first-order chi connectivity index (χ1) is 14.1. The summed E-state index contributed by atoms with van der Waals surface area (Å²) >= 11 is 0. The minimum absolute atomic E-state index is 0.360. The van der Waals surface area contributed by atoms with Gasteiger partial charge in [-0.05, 0) is 34.4 Å². The number of aromatic nitrogens is 4. The fourth-order valence-corrected chi connectivity index (χ4v) is 3.24. The van der Waals surface area contributed by atoms with Gasteiger partial charge in [-0.15, -0.1) is 0 Å². The number of nitrogens with two attached hydrogens (primary N) is 3. The Labute approximate surface area is 168 Å². The van der Waals surface area contributed by atoms with Crippen molar-refractivity contribution in [3.05, 3.63) is 83.9 Å². The first-order valence-electron chi connectivity index (χ1n) is 9.14. The van der Waals surface area contributed by atoms with Gasteiger partial charge in [-0.2, -0.15) is 5.10 Å². The lowest BCUT2D eigenvalue weighted by atomic mass is 10.1. The van der Waals surface area contributed by atoms with Gasteiger partial charge in [0.1, 0.15) is 5.82 Å². The molecule has 29 heavy (non-hydrogen) atoms. The van der Waals surface area contributed by atoms with Crippen LogP contribution in [0, 0.1) is 0 Å². The molecule has 3 aromatic heterocycles. The van der Waals surface area contributed by atoms with Gasteiger partial charge in [-0.25, -0.2) is 10.8 Å². The maximum absolute atomic E-state index is 6.12. The molecule has 4 rings (SSSR count). The Morgan fingerprint density at radius 2 is 1.76 bits per heavy atom. The van der Waals surface area contributed by atoms with E-state index in [9.17, 15) is 0 Å². The molecule has 3 heterocycles. The average Bonchev–Trinajstić information content (AvgIpc) is 3.18. The zero-order chi connectivity index (χ0) is 20.2. The van der Waals surface area contributed by atoms with Gasteiger partial charge in [0.2, 0.25) is 0 Å². The number of hydrazine groups is 1. The van der Waals surface area contributed by atoms with Crippen LogP contribution >= 0.6 is 0 Å². The van der Waals surface area contributed by atoms with Crippen molar-refractivity contribution in [3.63, 3.8) is 0 Å². The lowest BCUT2D eigenvalue weighted by molar-refractivity contribution is 0.684. The second-order valence-electron chi connectivity index (χ2n) is 6.78. The molecule has 0 radical (unpaired) electrons. The summed E-state index contributed by atoms with van der Waals surface area (Å²) in [6, 6.07) is 14.1. The van der Waals surface area contributed by atoms with Gasteiger partial charge in [-0.1, -0.05) is 30.3 Å². The number of benzene rings is 1. The van der Waals surface area contributed by atoms with Crippen molar-refractivity contribution in [2.45, 2.75) is 13.0 Å². The molecule has 7 N–H and O–H groups in total. The lowest BCUT2D eigenvalue weighted by Crippen LogP contribution is -2.13. The molecule has 0 amide bonds. The number of anilines is 3. The molecule has 1 aromatic carbocycles. The maximum Gasteiger partial charge on any atom is 0.165 e. The largest absolute Gasteiger partial charge is 0.395 e. The van der Waals surface area contributed by atoms with Gasteiger partial charge in [-0.3, -0.25) is 9.67 Å². The summed E-state index contributed by atoms with van der Waals surface area (Å²) in [6.07, 6.45) is 8.11. The van der Waals surface area contributed by atoms with E-state index in [4.69, 9.17) is 17.3 Å². The van der Waals surface area contributed by atoms with Gasteiger partial charge in [0, 0.05) is 30.6 Å². The second kappa shape index (κ2) is 7.99. The van der Waals surface area contributed by atoms with Crippen molar-refractivity contribution >= 4 is 17.3 Å². The lowest BCUT2D eigenvalue weighted by Gasteiger charge is -2.10. The Morgan fingerprint density at radius 3 is 2.55 bits per heavy atom. The number of rotatable bonds is 6. The van der Waals surface area contributed by atoms with Crippen LogP contribution in [-0.2, 0) is 13.0 Å². The van der Waals surface area contributed by atoms with Crippen molar-refractivity contribution in [2.24, 2.45) is 5.84 Å². The standard InChI is InChI=1S/C21H22N8/c22-19-8-17(20(23)21(27-19)28-24)6-15-10-26-29(13-15)12-14-7-18(11-25-9-14)16-4-2-1-3-5-16/h1-5,7-11,13H,6,12,23-24H2,(H3,22,27,28). The van der Waals surface area contributed by atoms with Gasteiger partial charge >= 0.3 is 0 Å². The van der Waals surface area contributed by atoms with Crippen LogP contribution < -0.4 is 22.7 Å². The third-order valence-electron chi connectivity index (χ3n) is 4.63. The summed E-state index contributed by atoms with van der Waals surface area (Å²) in [5.74, 6) is 6.19. The SMILES string of the molecule is NNc1nc(N)cc(Cc2cnn(Cc3cncc(-c4ccccc4)c3)c2)c1N. The van der Waals surface area contributed by atoms with Crippen LogP contribution in [0.5, 0.6) is 0 Å². The molecule has 0 aliphatic rings. The van der Waals surface area contributed by atoms with Gasteiger partial charge < -0.3 is 16.9 Å².